The van der Waals surface area contributed by atoms with E-state index in [1.165, 1.54) is 0 Å². The van der Waals surface area contributed by atoms with Gasteiger partial charge < -0.3 is 4.43 Å². The molecule has 0 heterocycles. The Balaban J connectivity index is 2.32. The Morgan fingerprint density at radius 2 is 1.46 bits per heavy atom. The van der Waals surface area contributed by atoms with Gasteiger partial charge in [-0.3, -0.25) is 0 Å². The highest BCUT2D eigenvalue weighted by atomic mass is 28.4. The van der Waals surface area contributed by atoms with Gasteiger partial charge in [0.1, 0.15) is 0 Å². The zero-order chi connectivity index (χ0) is 17.6. The van der Waals surface area contributed by atoms with E-state index in [0.717, 1.165) is 11.3 Å². The van der Waals surface area contributed by atoms with Crippen molar-refractivity contribution in [3.8, 4) is 0 Å². The zero-order valence-corrected chi connectivity index (χ0v) is 16.3. The Bertz CT molecular complexity index is 698. The van der Waals surface area contributed by atoms with Crippen molar-refractivity contribution in [2.24, 2.45) is 4.99 Å². The topological polar surface area (TPSA) is 21.6 Å². The van der Waals surface area contributed by atoms with Crippen LogP contribution in [0.5, 0.6) is 0 Å². The summed E-state index contributed by atoms with van der Waals surface area (Å²) in [6, 6.07) is 20.2. The van der Waals surface area contributed by atoms with E-state index in [9.17, 15) is 0 Å². The molecular formula is C21H27NOSi. The van der Waals surface area contributed by atoms with Crippen LogP contribution in [-0.2, 0) is 4.43 Å². The summed E-state index contributed by atoms with van der Waals surface area (Å²) in [4.78, 5) is 4.71. The van der Waals surface area contributed by atoms with E-state index in [2.05, 4.69) is 52.1 Å². The second-order valence-corrected chi connectivity index (χ2v) is 12.1. The van der Waals surface area contributed by atoms with Gasteiger partial charge in [0.25, 0.3) is 8.32 Å². The van der Waals surface area contributed by atoms with Crippen LogP contribution in [0.4, 0.5) is 5.69 Å². The number of rotatable bonds is 4. The first kappa shape index (κ1) is 18.2. The second kappa shape index (κ2) is 7.62. The maximum atomic E-state index is 6.43. The molecule has 0 radical (unpaired) electrons. The van der Waals surface area contributed by atoms with Gasteiger partial charge >= 0.3 is 0 Å². The van der Waals surface area contributed by atoms with Crippen molar-refractivity contribution in [2.75, 3.05) is 0 Å². The van der Waals surface area contributed by atoms with Crippen LogP contribution >= 0.6 is 0 Å². The average molecular weight is 338 g/mol. The quantitative estimate of drug-likeness (QED) is 0.357. The molecule has 0 aromatic heterocycles. The molecule has 2 aromatic rings. The summed E-state index contributed by atoms with van der Waals surface area (Å²) < 4.78 is 6.43. The Morgan fingerprint density at radius 3 is 2.00 bits per heavy atom. The van der Waals surface area contributed by atoms with Crippen LogP contribution < -0.4 is 0 Å². The fourth-order valence-corrected chi connectivity index (χ4v) is 2.81. The minimum Gasteiger partial charge on any atom is -0.531 e. The lowest BCUT2D eigenvalue weighted by molar-refractivity contribution is 0.489. The van der Waals surface area contributed by atoms with E-state index in [0.29, 0.717) is 5.90 Å². The molecule has 24 heavy (non-hydrogen) atoms. The van der Waals surface area contributed by atoms with Crippen molar-refractivity contribution in [3.63, 3.8) is 0 Å². The predicted octanol–water partition coefficient (Wildman–Crippen LogP) is 6.45. The zero-order valence-electron chi connectivity index (χ0n) is 15.3. The molecule has 0 unspecified atom stereocenters. The van der Waals surface area contributed by atoms with E-state index in [1.54, 1.807) is 0 Å². The average Bonchev–Trinajstić information content (AvgIpc) is 2.53. The molecule has 0 atom stereocenters. The number of hydrogen-bond donors (Lipinski definition) is 0. The lowest BCUT2D eigenvalue weighted by Gasteiger charge is -2.36. The van der Waals surface area contributed by atoms with E-state index in [-0.39, 0.29) is 5.04 Å². The molecular weight excluding hydrogens is 310 g/mol. The van der Waals surface area contributed by atoms with Crippen molar-refractivity contribution in [1.82, 2.24) is 0 Å². The summed E-state index contributed by atoms with van der Waals surface area (Å²) in [5.41, 5.74) is 2.04. The third kappa shape index (κ3) is 5.20. The third-order valence-corrected chi connectivity index (χ3v) is 8.71. The second-order valence-electron chi connectivity index (χ2n) is 7.39. The predicted molar refractivity (Wildman–Crippen MR) is 107 cm³/mol. The summed E-state index contributed by atoms with van der Waals surface area (Å²) in [7, 11) is -1.94. The molecule has 2 rings (SSSR count). The van der Waals surface area contributed by atoms with Gasteiger partial charge in [0.2, 0.25) is 0 Å². The van der Waals surface area contributed by atoms with E-state index in [4.69, 9.17) is 9.42 Å². The Kier molecular flexibility index (Phi) is 5.78. The van der Waals surface area contributed by atoms with Crippen LogP contribution in [0.3, 0.4) is 0 Å². The van der Waals surface area contributed by atoms with Crippen LogP contribution in [0, 0.1) is 0 Å². The highest BCUT2D eigenvalue weighted by Gasteiger charge is 2.39. The first-order chi connectivity index (χ1) is 11.3. The highest BCUT2D eigenvalue weighted by Crippen LogP contribution is 2.37. The largest absolute Gasteiger partial charge is 0.531 e. The first-order valence-electron chi connectivity index (χ1n) is 8.34. The minimum atomic E-state index is -1.94. The Morgan fingerprint density at radius 1 is 0.917 bits per heavy atom. The smallest absolute Gasteiger partial charge is 0.252 e. The number of para-hydroxylation sites is 1. The molecule has 0 aliphatic carbocycles. The van der Waals surface area contributed by atoms with Crippen molar-refractivity contribution >= 4 is 26.0 Å². The SMILES string of the molecule is CC(C)(C)[Si](C)(C)OC(/C=C/c1ccccc1)=Nc1ccccc1. The lowest BCUT2D eigenvalue weighted by atomic mass is 10.2. The number of hydrogen-bond acceptors (Lipinski definition) is 2. The molecule has 0 spiro atoms. The van der Waals surface area contributed by atoms with E-state index >= 15 is 0 Å². The normalized spacial score (nSPS) is 13.3. The van der Waals surface area contributed by atoms with Crippen LogP contribution in [0.25, 0.3) is 6.08 Å². The lowest BCUT2D eigenvalue weighted by Crippen LogP contribution is -2.42. The molecule has 0 saturated heterocycles. The van der Waals surface area contributed by atoms with Gasteiger partial charge in [0.05, 0.1) is 5.69 Å². The summed E-state index contributed by atoms with van der Waals surface area (Å²) in [6.07, 6.45) is 4.03. The maximum absolute atomic E-state index is 6.43. The molecule has 3 heteroatoms. The van der Waals surface area contributed by atoms with Crippen LogP contribution in [0.1, 0.15) is 26.3 Å². The molecule has 0 aliphatic heterocycles. The van der Waals surface area contributed by atoms with Crippen molar-refractivity contribution in [3.05, 3.63) is 72.3 Å². The molecule has 0 aliphatic rings. The fourth-order valence-electron chi connectivity index (χ4n) is 1.87. The molecule has 0 saturated carbocycles. The summed E-state index contributed by atoms with van der Waals surface area (Å²) in [6.45, 7) is 11.2. The maximum Gasteiger partial charge on any atom is 0.252 e. The molecule has 2 aromatic carbocycles. The molecule has 2 nitrogen and oxygen atoms in total. The number of aliphatic imine (C=N–C) groups is 1. The monoisotopic (exact) mass is 337 g/mol. The molecule has 0 N–H and O–H groups in total. The summed E-state index contributed by atoms with van der Waals surface area (Å²) in [5, 5.41) is 0.130. The van der Waals surface area contributed by atoms with Gasteiger partial charge in [-0.2, -0.15) is 0 Å². The van der Waals surface area contributed by atoms with Gasteiger partial charge in [-0.15, -0.1) is 0 Å². The van der Waals surface area contributed by atoms with Gasteiger partial charge in [-0.1, -0.05) is 69.3 Å². The minimum absolute atomic E-state index is 0.130. The number of nitrogens with zero attached hydrogens (tertiary/aromatic N) is 1. The first-order valence-corrected chi connectivity index (χ1v) is 11.2. The highest BCUT2D eigenvalue weighted by molar-refractivity contribution is 6.75. The summed E-state index contributed by atoms with van der Waals surface area (Å²) >= 11 is 0. The van der Waals surface area contributed by atoms with Gasteiger partial charge in [-0.25, -0.2) is 4.99 Å². The van der Waals surface area contributed by atoms with Gasteiger partial charge in [0.15, 0.2) is 5.90 Å². The molecule has 0 amide bonds. The fraction of sp³-hybridized carbons (Fsp3) is 0.286. The molecule has 0 bridgehead atoms. The van der Waals surface area contributed by atoms with Crippen molar-refractivity contribution < 1.29 is 4.43 Å². The van der Waals surface area contributed by atoms with Crippen molar-refractivity contribution in [1.29, 1.82) is 0 Å². The summed E-state index contributed by atoms with van der Waals surface area (Å²) in [5.74, 6) is 0.677. The van der Waals surface area contributed by atoms with Crippen LogP contribution in [-0.4, -0.2) is 14.2 Å². The van der Waals surface area contributed by atoms with Gasteiger partial charge in [0, 0.05) is 0 Å². The standard InChI is InChI=1S/C21H27NOSi/c1-21(2,3)24(4,5)23-20(22-19-14-10-7-11-15-19)17-16-18-12-8-6-9-13-18/h6-17H,1-5H3/b17-16+,22-20?. The Labute approximate surface area is 147 Å². The third-order valence-electron chi connectivity index (χ3n) is 4.38. The van der Waals surface area contributed by atoms with E-state index in [1.807, 2.05) is 54.6 Å². The van der Waals surface area contributed by atoms with E-state index < -0.39 is 8.32 Å². The number of benzene rings is 2. The van der Waals surface area contributed by atoms with Crippen LogP contribution in [0.2, 0.25) is 18.1 Å². The van der Waals surface area contributed by atoms with Crippen molar-refractivity contribution in [2.45, 2.75) is 38.9 Å². The van der Waals surface area contributed by atoms with Crippen LogP contribution in [0.15, 0.2) is 71.7 Å². The molecule has 0 fully saturated rings. The van der Waals surface area contributed by atoms with Gasteiger partial charge in [-0.05, 0) is 48.0 Å². The molecule has 126 valence electrons. The Hall–Kier alpha value is -2.13.